The van der Waals surface area contributed by atoms with Gasteiger partial charge in [-0.05, 0) is 29.8 Å². The third-order valence-electron chi connectivity index (χ3n) is 2.69. The van der Waals surface area contributed by atoms with Gasteiger partial charge >= 0.3 is 0 Å². The van der Waals surface area contributed by atoms with Crippen LogP contribution in [0.15, 0.2) is 59.1 Å². The smallest absolute Gasteiger partial charge is 0.225 e. The minimum absolute atomic E-state index is 0.0675. The van der Waals surface area contributed by atoms with Gasteiger partial charge in [-0.15, -0.1) is 0 Å². The number of hydrogen-bond donors (Lipinski definition) is 1. The van der Waals surface area contributed by atoms with E-state index in [0.717, 1.165) is 21.7 Å². The van der Waals surface area contributed by atoms with E-state index in [2.05, 4.69) is 33.4 Å². The Morgan fingerprint density at radius 1 is 1.10 bits per heavy atom. The molecule has 2 aromatic rings. The summed E-state index contributed by atoms with van der Waals surface area (Å²) in [6.07, 6.45) is 0.535. The number of amides is 1. The van der Waals surface area contributed by atoms with Crippen LogP contribution < -0.4 is 5.32 Å². The highest BCUT2D eigenvalue weighted by molar-refractivity contribution is 9.10. The molecule has 0 aliphatic carbocycles. The van der Waals surface area contributed by atoms with Gasteiger partial charge in [0, 0.05) is 28.1 Å². The molecule has 4 heteroatoms. The first kappa shape index (κ1) is 15.1. The average Bonchev–Trinajstić information content (AvgIpc) is 2.45. The van der Waals surface area contributed by atoms with Gasteiger partial charge in [-0.25, -0.2) is 0 Å². The van der Waals surface area contributed by atoms with E-state index in [0.29, 0.717) is 6.42 Å². The number of carbonyl (C=O) groups is 1. The second-order valence-electron chi connectivity index (χ2n) is 4.35. The van der Waals surface area contributed by atoms with Crippen molar-refractivity contribution in [2.24, 2.45) is 0 Å². The normalized spacial score (nSPS) is 10.2. The molecule has 0 saturated carbocycles. The summed E-state index contributed by atoms with van der Waals surface area (Å²) in [4.78, 5) is 11.7. The van der Waals surface area contributed by atoms with Crippen molar-refractivity contribution in [1.82, 2.24) is 0 Å². The lowest BCUT2D eigenvalue weighted by Crippen LogP contribution is -2.11. The molecule has 2 rings (SSSR count). The van der Waals surface area contributed by atoms with E-state index in [1.54, 1.807) is 11.8 Å². The quantitative estimate of drug-likeness (QED) is 0.765. The molecule has 0 fully saturated rings. The van der Waals surface area contributed by atoms with E-state index in [9.17, 15) is 4.79 Å². The van der Waals surface area contributed by atoms with Crippen molar-refractivity contribution in [2.75, 3.05) is 11.1 Å². The Morgan fingerprint density at radius 3 is 2.65 bits per heavy atom. The zero-order valence-electron chi connectivity index (χ0n) is 11.0. The maximum Gasteiger partial charge on any atom is 0.225 e. The lowest BCUT2D eigenvalue weighted by Gasteiger charge is -2.05. The zero-order chi connectivity index (χ0) is 14.2. The van der Waals surface area contributed by atoms with Crippen LogP contribution in [0, 0.1) is 0 Å². The van der Waals surface area contributed by atoms with Crippen molar-refractivity contribution in [1.29, 1.82) is 0 Å². The maximum absolute atomic E-state index is 11.7. The van der Waals surface area contributed by atoms with Gasteiger partial charge in [0.15, 0.2) is 0 Å². The SMILES string of the molecule is O=C(CCSCc1cccc(Br)c1)Nc1ccccc1. The van der Waals surface area contributed by atoms with E-state index in [1.807, 2.05) is 42.5 Å². The second-order valence-corrected chi connectivity index (χ2v) is 6.37. The van der Waals surface area contributed by atoms with Crippen LogP contribution >= 0.6 is 27.7 Å². The van der Waals surface area contributed by atoms with Gasteiger partial charge < -0.3 is 5.32 Å². The number of carbonyl (C=O) groups excluding carboxylic acids is 1. The summed E-state index contributed by atoms with van der Waals surface area (Å²) in [5.41, 5.74) is 2.13. The van der Waals surface area contributed by atoms with Crippen LogP contribution in [-0.2, 0) is 10.5 Å². The number of benzene rings is 2. The van der Waals surface area contributed by atoms with Crippen LogP contribution in [0.1, 0.15) is 12.0 Å². The van der Waals surface area contributed by atoms with Crippen molar-refractivity contribution < 1.29 is 4.79 Å². The van der Waals surface area contributed by atoms with Crippen molar-refractivity contribution in [2.45, 2.75) is 12.2 Å². The summed E-state index contributed by atoms with van der Waals surface area (Å²) in [5, 5.41) is 2.89. The van der Waals surface area contributed by atoms with Gasteiger partial charge in [-0.1, -0.05) is 46.3 Å². The Balaban J connectivity index is 1.67. The maximum atomic E-state index is 11.7. The first-order valence-corrected chi connectivity index (χ1v) is 8.36. The van der Waals surface area contributed by atoms with E-state index in [4.69, 9.17) is 0 Å². The van der Waals surface area contributed by atoms with Crippen molar-refractivity contribution in [3.63, 3.8) is 0 Å². The van der Waals surface area contributed by atoms with Crippen LogP contribution in [-0.4, -0.2) is 11.7 Å². The van der Waals surface area contributed by atoms with Crippen molar-refractivity contribution >= 4 is 39.3 Å². The average molecular weight is 350 g/mol. The Labute approximate surface area is 132 Å². The molecule has 0 aliphatic heterocycles. The lowest BCUT2D eigenvalue weighted by molar-refractivity contribution is -0.115. The number of halogens is 1. The third-order valence-corrected chi connectivity index (χ3v) is 4.21. The predicted octanol–water partition coefficient (Wildman–Crippen LogP) is 4.71. The van der Waals surface area contributed by atoms with E-state index in [1.165, 1.54) is 5.56 Å². The van der Waals surface area contributed by atoms with Crippen molar-refractivity contribution in [3.8, 4) is 0 Å². The summed E-state index contributed by atoms with van der Waals surface area (Å²) >= 11 is 5.23. The van der Waals surface area contributed by atoms with Gasteiger partial charge in [0.2, 0.25) is 5.91 Å². The molecule has 2 nitrogen and oxygen atoms in total. The molecule has 2 aromatic carbocycles. The molecular weight excluding hydrogens is 334 g/mol. The summed E-state index contributed by atoms with van der Waals surface area (Å²) in [5.74, 6) is 1.82. The van der Waals surface area contributed by atoms with Crippen LogP contribution in [0.3, 0.4) is 0 Å². The summed E-state index contributed by atoms with van der Waals surface area (Å²) in [7, 11) is 0. The fourth-order valence-corrected chi connectivity index (χ4v) is 3.06. The topological polar surface area (TPSA) is 29.1 Å². The molecular formula is C16H16BrNOS. The minimum atomic E-state index is 0.0675. The number of hydrogen-bond acceptors (Lipinski definition) is 2. The minimum Gasteiger partial charge on any atom is -0.326 e. The lowest BCUT2D eigenvalue weighted by atomic mass is 10.2. The molecule has 104 valence electrons. The highest BCUT2D eigenvalue weighted by atomic mass is 79.9. The highest BCUT2D eigenvalue weighted by Gasteiger charge is 2.02. The van der Waals surface area contributed by atoms with Crippen LogP contribution in [0.5, 0.6) is 0 Å². The molecule has 0 bridgehead atoms. The number of anilines is 1. The van der Waals surface area contributed by atoms with Crippen LogP contribution in [0.4, 0.5) is 5.69 Å². The first-order valence-electron chi connectivity index (χ1n) is 6.41. The Morgan fingerprint density at radius 2 is 1.90 bits per heavy atom. The van der Waals surface area contributed by atoms with Crippen LogP contribution in [0.2, 0.25) is 0 Å². The summed E-state index contributed by atoms with van der Waals surface area (Å²) < 4.78 is 1.09. The Hall–Kier alpha value is -1.26. The van der Waals surface area contributed by atoms with Gasteiger partial charge in [0.25, 0.3) is 0 Å². The third kappa shape index (κ3) is 5.39. The standard InChI is InChI=1S/C16H16BrNOS/c17-14-6-4-5-13(11-14)12-20-10-9-16(19)18-15-7-2-1-3-8-15/h1-8,11H,9-10,12H2,(H,18,19). The molecule has 0 atom stereocenters. The van der Waals surface area contributed by atoms with E-state index >= 15 is 0 Å². The summed E-state index contributed by atoms with van der Waals surface area (Å²) in [6, 6.07) is 17.8. The fourth-order valence-electron chi connectivity index (χ4n) is 1.73. The molecule has 0 heterocycles. The van der Waals surface area contributed by atoms with Crippen LogP contribution in [0.25, 0.3) is 0 Å². The fraction of sp³-hybridized carbons (Fsp3) is 0.188. The molecule has 1 amide bonds. The van der Waals surface area contributed by atoms with Gasteiger partial charge in [0.1, 0.15) is 0 Å². The molecule has 0 aromatic heterocycles. The Kier molecular flexibility index (Phi) is 6.15. The number of rotatable bonds is 6. The molecule has 0 aliphatic rings. The highest BCUT2D eigenvalue weighted by Crippen LogP contribution is 2.17. The van der Waals surface area contributed by atoms with E-state index in [-0.39, 0.29) is 5.91 Å². The number of para-hydroxylation sites is 1. The monoisotopic (exact) mass is 349 g/mol. The first-order chi connectivity index (χ1) is 9.74. The Bertz CT molecular complexity index is 559. The molecule has 1 N–H and O–H groups in total. The van der Waals surface area contributed by atoms with Gasteiger partial charge in [-0.3, -0.25) is 4.79 Å². The predicted molar refractivity (Wildman–Crippen MR) is 90.0 cm³/mol. The van der Waals surface area contributed by atoms with Gasteiger partial charge in [-0.2, -0.15) is 11.8 Å². The van der Waals surface area contributed by atoms with Gasteiger partial charge in [0.05, 0.1) is 0 Å². The largest absolute Gasteiger partial charge is 0.326 e. The molecule has 20 heavy (non-hydrogen) atoms. The van der Waals surface area contributed by atoms with Crippen molar-refractivity contribution in [3.05, 3.63) is 64.6 Å². The zero-order valence-corrected chi connectivity index (χ0v) is 13.4. The molecule has 0 unspecified atom stereocenters. The molecule has 0 saturated heterocycles. The summed E-state index contributed by atoms with van der Waals surface area (Å²) in [6.45, 7) is 0. The van der Waals surface area contributed by atoms with E-state index < -0.39 is 0 Å². The molecule has 0 spiro atoms. The molecule has 0 radical (unpaired) electrons. The number of nitrogens with one attached hydrogen (secondary N) is 1. The second kappa shape index (κ2) is 8.12. The number of thioether (sulfide) groups is 1.